The topological polar surface area (TPSA) is 88.1 Å². The first-order valence-electron chi connectivity index (χ1n) is 9.17. The Morgan fingerprint density at radius 3 is 2.34 bits per heavy atom. The third kappa shape index (κ3) is 8.33. The lowest BCUT2D eigenvalue weighted by atomic mass is 10.2. The lowest BCUT2D eigenvalue weighted by Gasteiger charge is -2.18. The van der Waals surface area contributed by atoms with Crippen molar-refractivity contribution in [1.82, 2.24) is 0 Å². The van der Waals surface area contributed by atoms with E-state index in [0.29, 0.717) is 6.61 Å². The van der Waals surface area contributed by atoms with E-state index in [1.54, 1.807) is 12.1 Å². The molecule has 0 unspecified atom stereocenters. The number of esters is 1. The Kier molecular flexibility index (Phi) is 9.27. The van der Waals surface area contributed by atoms with E-state index >= 15 is 0 Å². The zero-order chi connectivity index (χ0) is 21.1. The second-order valence-electron chi connectivity index (χ2n) is 6.37. The zero-order valence-corrected chi connectivity index (χ0v) is 17.4. The molecule has 29 heavy (non-hydrogen) atoms. The quantitative estimate of drug-likeness (QED) is 0.384. The summed E-state index contributed by atoms with van der Waals surface area (Å²) in [5, 5.41) is 0. The van der Waals surface area contributed by atoms with Gasteiger partial charge in [0.05, 0.1) is 44.9 Å². The molecule has 0 radical (unpaired) electrons. The highest BCUT2D eigenvalue weighted by molar-refractivity contribution is 7.86. The summed E-state index contributed by atoms with van der Waals surface area (Å²) >= 11 is 0. The molecule has 2 aromatic carbocycles. The van der Waals surface area contributed by atoms with Gasteiger partial charge < -0.3 is 14.2 Å². The number of ether oxygens (including phenoxy) is 3. The predicted molar refractivity (Wildman–Crippen MR) is 107 cm³/mol. The Labute approximate surface area is 171 Å². The SMILES string of the molecule is COC(=O)CCO[C@H](COCc1ccccc1)COS(=O)(=O)c1ccc(C)cc1. The van der Waals surface area contributed by atoms with Crippen LogP contribution in [0.4, 0.5) is 0 Å². The Balaban J connectivity index is 1.92. The van der Waals surface area contributed by atoms with Crippen LogP contribution in [0.3, 0.4) is 0 Å². The third-order valence-corrected chi connectivity index (χ3v) is 5.32. The van der Waals surface area contributed by atoms with Crippen LogP contribution in [0.2, 0.25) is 0 Å². The van der Waals surface area contributed by atoms with Crippen LogP contribution in [0.25, 0.3) is 0 Å². The molecule has 0 amide bonds. The van der Waals surface area contributed by atoms with Gasteiger partial charge in [0.25, 0.3) is 10.1 Å². The fraction of sp³-hybridized carbons (Fsp3) is 0.381. The van der Waals surface area contributed by atoms with E-state index in [1.165, 1.54) is 19.2 Å². The van der Waals surface area contributed by atoms with Crippen LogP contribution in [0.1, 0.15) is 17.5 Å². The maximum Gasteiger partial charge on any atom is 0.307 e. The van der Waals surface area contributed by atoms with Crippen molar-refractivity contribution in [1.29, 1.82) is 0 Å². The third-order valence-electron chi connectivity index (χ3n) is 4.02. The first-order chi connectivity index (χ1) is 13.9. The minimum absolute atomic E-state index is 0.0520. The number of hydrogen-bond acceptors (Lipinski definition) is 7. The highest BCUT2D eigenvalue weighted by Crippen LogP contribution is 2.14. The minimum Gasteiger partial charge on any atom is -0.469 e. The van der Waals surface area contributed by atoms with Gasteiger partial charge in [-0.1, -0.05) is 48.0 Å². The molecule has 0 saturated heterocycles. The summed E-state index contributed by atoms with van der Waals surface area (Å²) in [6.07, 6.45) is -0.611. The van der Waals surface area contributed by atoms with Gasteiger partial charge in [-0.2, -0.15) is 8.42 Å². The Morgan fingerprint density at radius 2 is 1.69 bits per heavy atom. The number of rotatable bonds is 12. The minimum atomic E-state index is -3.92. The first-order valence-corrected chi connectivity index (χ1v) is 10.6. The molecule has 158 valence electrons. The van der Waals surface area contributed by atoms with Crippen molar-refractivity contribution < 1.29 is 31.6 Å². The lowest BCUT2D eigenvalue weighted by Crippen LogP contribution is -2.28. The van der Waals surface area contributed by atoms with Gasteiger partial charge in [-0.3, -0.25) is 8.98 Å². The van der Waals surface area contributed by atoms with Gasteiger partial charge in [-0.15, -0.1) is 0 Å². The smallest absolute Gasteiger partial charge is 0.307 e. The van der Waals surface area contributed by atoms with E-state index in [2.05, 4.69) is 4.74 Å². The molecule has 0 N–H and O–H groups in total. The van der Waals surface area contributed by atoms with Crippen LogP contribution in [0.5, 0.6) is 0 Å². The summed E-state index contributed by atoms with van der Waals surface area (Å²) in [5.41, 5.74) is 1.93. The molecule has 2 aromatic rings. The highest BCUT2D eigenvalue weighted by Gasteiger charge is 2.19. The van der Waals surface area contributed by atoms with Crippen molar-refractivity contribution in [2.24, 2.45) is 0 Å². The molecule has 0 aromatic heterocycles. The van der Waals surface area contributed by atoms with Crippen molar-refractivity contribution in [2.75, 3.05) is 26.9 Å². The van der Waals surface area contributed by atoms with Crippen molar-refractivity contribution in [2.45, 2.75) is 31.0 Å². The van der Waals surface area contributed by atoms with E-state index in [4.69, 9.17) is 13.7 Å². The molecule has 0 fully saturated rings. The summed E-state index contributed by atoms with van der Waals surface area (Å²) in [6.45, 7) is 2.17. The van der Waals surface area contributed by atoms with Crippen molar-refractivity contribution >= 4 is 16.1 Å². The number of carbonyl (C=O) groups is 1. The van der Waals surface area contributed by atoms with E-state index in [1.807, 2.05) is 37.3 Å². The number of aryl methyl sites for hydroxylation is 1. The number of hydrogen-bond donors (Lipinski definition) is 0. The van der Waals surface area contributed by atoms with Crippen LogP contribution in [0, 0.1) is 6.92 Å². The van der Waals surface area contributed by atoms with Crippen LogP contribution in [0.15, 0.2) is 59.5 Å². The molecule has 0 aliphatic carbocycles. The normalized spacial score (nSPS) is 12.5. The number of carbonyl (C=O) groups excluding carboxylic acids is 1. The van der Waals surface area contributed by atoms with Gasteiger partial charge in [0, 0.05) is 0 Å². The molecular formula is C21H26O7S. The average molecular weight is 422 g/mol. The Morgan fingerprint density at radius 1 is 1.00 bits per heavy atom. The summed E-state index contributed by atoms with van der Waals surface area (Å²) in [5.74, 6) is -0.415. The second kappa shape index (κ2) is 11.7. The van der Waals surface area contributed by atoms with Crippen LogP contribution in [-0.2, 0) is 39.9 Å². The maximum atomic E-state index is 12.4. The van der Waals surface area contributed by atoms with Gasteiger partial charge in [0.2, 0.25) is 0 Å². The van der Waals surface area contributed by atoms with Crippen LogP contribution < -0.4 is 0 Å². The molecular weight excluding hydrogens is 396 g/mol. The largest absolute Gasteiger partial charge is 0.469 e. The van der Waals surface area contributed by atoms with E-state index in [0.717, 1.165) is 11.1 Å². The molecule has 0 aliphatic rings. The van der Waals surface area contributed by atoms with Crippen LogP contribution in [-0.4, -0.2) is 47.4 Å². The molecule has 2 rings (SSSR count). The first kappa shape index (κ1) is 23.0. The molecule has 0 heterocycles. The summed E-state index contributed by atoms with van der Waals surface area (Å²) < 4.78 is 45.7. The molecule has 0 spiro atoms. The standard InChI is InChI=1S/C21H26O7S/c1-17-8-10-20(11-9-17)29(23,24)28-16-19(27-13-12-21(22)25-2)15-26-14-18-6-4-3-5-7-18/h3-11,19H,12-16H2,1-2H3/t19-/m1/s1. The Bertz CT molecular complexity index is 848. The zero-order valence-electron chi connectivity index (χ0n) is 16.6. The molecule has 0 bridgehead atoms. The monoisotopic (exact) mass is 422 g/mol. The van der Waals surface area contributed by atoms with Crippen molar-refractivity contribution in [3.8, 4) is 0 Å². The predicted octanol–water partition coefficient (Wildman–Crippen LogP) is 2.87. The average Bonchev–Trinajstić information content (AvgIpc) is 2.72. The van der Waals surface area contributed by atoms with Crippen LogP contribution >= 0.6 is 0 Å². The fourth-order valence-corrected chi connectivity index (χ4v) is 3.31. The summed E-state index contributed by atoms with van der Waals surface area (Å²) in [4.78, 5) is 11.3. The van der Waals surface area contributed by atoms with Gasteiger partial charge >= 0.3 is 5.97 Å². The molecule has 0 saturated carbocycles. The highest BCUT2D eigenvalue weighted by atomic mass is 32.2. The van der Waals surface area contributed by atoms with Crippen molar-refractivity contribution in [3.05, 3.63) is 65.7 Å². The van der Waals surface area contributed by atoms with Gasteiger partial charge in [0.1, 0.15) is 6.10 Å². The van der Waals surface area contributed by atoms with E-state index in [9.17, 15) is 13.2 Å². The second-order valence-corrected chi connectivity index (χ2v) is 7.99. The van der Waals surface area contributed by atoms with Gasteiger partial charge in [0.15, 0.2) is 0 Å². The Hall–Kier alpha value is -2.26. The molecule has 0 aliphatic heterocycles. The lowest BCUT2D eigenvalue weighted by molar-refractivity contribution is -0.143. The molecule has 1 atom stereocenters. The molecule has 8 heteroatoms. The van der Waals surface area contributed by atoms with E-state index < -0.39 is 22.2 Å². The van der Waals surface area contributed by atoms with Crippen molar-refractivity contribution in [3.63, 3.8) is 0 Å². The van der Waals surface area contributed by atoms with E-state index in [-0.39, 0.29) is 31.1 Å². The van der Waals surface area contributed by atoms with Gasteiger partial charge in [-0.05, 0) is 24.6 Å². The van der Waals surface area contributed by atoms with Gasteiger partial charge in [-0.25, -0.2) is 0 Å². The summed E-state index contributed by atoms with van der Waals surface area (Å²) in [6, 6.07) is 15.9. The molecule has 7 nitrogen and oxygen atoms in total. The fourth-order valence-electron chi connectivity index (χ4n) is 2.38. The summed E-state index contributed by atoms with van der Waals surface area (Å²) in [7, 11) is -2.63. The maximum absolute atomic E-state index is 12.4. The number of methoxy groups -OCH3 is 1. The number of benzene rings is 2.